The van der Waals surface area contributed by atoms with E-state index in [0.29, 0.717) is 13.2 Å². The normalized spacial score (nSPS) is 23.7. The predicted molar refractivity (Wildman–Crippen MR) is 80.5 cm³/mol. The van der Waals surface area contributed by atoms with Crippen molar-refractivity contribution in [1.82, 2.24) is 15.6 Å². The third kappa shape index (κ3) is 3.94. The van der Waals surface area contributed by atoms with Crippen LogP contribution in [0, 0.1) is 0 Å². The van der Waals surface area contributed by atoms with Crippen LogP contribution in [0.3, 0.4) is 0 Å². The van der Waals surface area contributed by atoms with Crippen LogP contribution < -0.4 is 15.5 Å². The van der Waals surface area contributed by atoms with Crippen molar-refractivity contribution in [2.24, 2.45) is 0 Å². The first-order valence-corrected chi connectivity index (χ1v) is 7.71. The van der Waals surface area contributed by atoms with E-state index in [0.717, 1.165) is 24.5 Å². The number of nitrogens with one attached hydrogen (secondary N) is 2. The number of hydrogen-bond donors (Lipinski definition) is 2. The second kappa shape index (κ2) is 6.76. The molecule has 0 bridgehead atoms. The Morgan fingerprint density at radius 1 is 1.48 bits per heavy atom. The molecule has 1 atom stereocenters. The molecule has 0 saturated carbocycles. The summed E-state index contributed by atoms with van der Waals surface area (Å²) in [6, 6.07) is 2.84. The zero-order valence-corrected chi connectivity index (χ0v) is 12.7. The molecule has 1 aromatic rings. The van der Waals surface area contributed by atoms with E-state index in [2.05, 4.69) is 20.5 Å². The van der Waals surface area contributed by atoms with E-state index in [9.17, 15) is 13.6 Å². The number of halogens is 2. The maximum atomic E-state index is 13.2. The minimum Gasteiger partial charge on any atom is -0.378 e. The maximum Gasteiger partial charge on any atom is 0.262 e. The Kier molecular flexibility index (Phi) is 4.72. The van der Waals surface area contributed by atoms with Crippen LogP contribution in [0.15, 0.2) is 18.3 Å². The average Bonchev–Trinajstić information content (AvgIpc) is 2.94. The van der Waals surface area contributed by atoms with Crippen molar-refractivity contribution in [2.75, 3.05) is 37.7 Å². The topological polar surface area (TPSA) is 66.5 Å². The predicted octanol–water partition coefficient (Wildman–Crippen LogP) is 0.532. The van der Waals surface area contributed by atoms with Gasteiger partial charge in [-0.2, -0.15) is 0 Å². The summed E-state index contributed by atoms with van der Waals surface area (Å²) in [7, 11) is 0. The monoisotopic (exact) mass is 326 g/mol. The summed E-state index contributed by atoms with van der Waals surface area (Å²) in [5.41, 5.74) is 0.868. The molecule has 2 fully saturated rings. The quantitative estimate of drug-likeness (QED) is 0.845. The number of morpholine rings is 1. The number of ether oxygens (including phenoxy) is 1. The molecule has 0 aliphatic carbocycles. The highest BCUT2D eigenvalue weighted by molar-refractivity contribution is 5.82. The van der Waals surface area contributed by atoms with Crippen molar-refractivity contribution >= 4 is 11.7 Å². The molecule has 2 N–H and O–H groups in total. The van der Waals surface area contributed by atoms with E-state index in [1.165, 1.54) is 0 Å². The number of nitrogens with zero attached hydrogens (tertiary/aromatic N) is 2. The second-order valence-corrected chi connectivity index (χ2v) is 5.80. The number of anilines is 1. The molecule has 2 aliphatic rings. The number of alkyl halides is 2. The molecule has 1 aromatic heterocycles. The molecule has 1 unspecified atom stereocenters. The van der Waals surface area contributed by atoms with Gasteiger partial charge in [0.2, 0.25) is 5.91 Å². The molecular formula is C15H20F2N4O2. The van der Waals surface area contributed by atoms with Gasteiger partial charge in [0.05, 0.1) is 25.8 Å². The van der Waals surface area contributed by atoms with E-state index >= 15 is 0 Å². The number of hydrogen-bond acceptors (Lipinski definition) is 5. The van der Waals surface area contributed by atoms with Gasteiger partial charge in [-0.1, -0.05) is 6.07 Å². The highest BCUT2D eigenvalue weighted by atomic mass is 19.3. The van der Waals surface area contributed by atoms with Crippen molar-refractivity contribution in [3.63, 3.8) is 0 Å². The minimum atomic E-state index is -2.81. The van der Waals surface area contributed by atoms with Gasteiger partial charge >= 0.3 is 0 Å². The molecule has 1 amide bonds. The summed E-state index contributed by atoms with van der Waals surface area (Å²) >= 11 is 0. The van der Waals surface area contributed by atoms with Crippen LogP contribution >= 0.6 is 0 Å². The summed E-state index contributed by atoms with van der Waals surface area (Å²) in [6.45, 7) is 2.59. The van der Waals surface area contributed by atoms with E-state index in [1.807, 2.05) is 6.07 Å². The van der Waals surface area contributed by atoms with E-state index in [-0.39, 0.29) is 6.54 Å². The highest BCUT2D eigenvalue weighted by Gasteiger charge is 2.42. The third-order valence-corrected chi connectivity index (χ3v) is 4.06. The van der Waals surface area contributed by atoms with E-state index in [4.69, 9.17) is 4.74 Å². The van der Waals surface area contributed by atoms with Crippen LogP contribution in [-0.2, 0) is 16.1 Å². The molecular weight excluding hydrogens is 306 g/mol. The summed E-state index contributed by atoms with van der Waals surface area (Å²) in [5, 5.41) is 5.28. The molecule has 6 nitrogen and oxygen atoms in total. The number of amides is 1. The van der Waals surface area contributed by atoms with Crippen molar-refractivity contribution in [2.45, 2.75) is 24.9 Å². The average molecular weight is 326 g/mol. The molecule has 2 aliphatic heterocycles. The Bertz CT molecular complexity index is 564. The van der Waals surface area contributed by atoms with Crippen LogP contribution in [0.2, 0.25) is 0 Å². The minimum absolute atomic E-state index is 0.267. The Balaban J connectivity index is 1.61. The molecule has 8 heteroatoms. The fraction of sp³-hybridized carbons (Fsp3) is 0.600. The van der Waals surface area contributed by atoms with Gasteiger partial charge < -0.3 is 15.0 Å². The lowest BCUT2D eigenvalue weighted by Crippen LogP contribution is -2.41. The summed E-state index contributed by atoms with van der Waals surface area (Å²) in [6.07, 6.45) is 1.25. The van der Waals surface area contributed by atoms with Gasteiger partial charge in [-0.05, 0) is 6.07 Å². The standard InChI is InChI=1S/C15H20F2N4O2/c16-15(17)8-12(20-10-15)14(22)19-9-11-2-1-3-18-13(11)21-4-6-23-7-5-21/h1-3,12,20H,4-10H2,(H,19,22). The Hall–Kier alpha value is -1.80. The first kappa shape index (κ1) is 16.1. The zero-order chi connectivity index (χ0) is 16.3. The lowest BCUT2D eigenvalue weighted by molar-refractivity contribution is -0.123. The molecule has 2 saturated heterocycles. The maximum absolute atomic E-state index is 13.2. The van der Waals surface area contributed by atoms with Crippen LogP contribution in [0.5, 0.6) is 0 Å². The van der Waals surface area contributed by atoms with E-state index in [1.54, 1.807) is 12.3 Å². The van der Waals surface area contributed by atoms with Crippen molar-refractivity contribution in [3.05, 3.63) is 23.9 Å². The van der Waals surface area contributed by atoms with Crippen molar-refractivity contribution in [1.29, 1.82) is 0 Å². The lowest BCUT2D eigenvalue weighted by Gasteiger charge is -2.29. The van der Waals surface area contributed by atoms with Gasteiger partial charge in [-0.25, -0.2) is 13.8 Å². The van der Waals surface area contributed by atoms with Gasteiger partial charge in [0.25, 0.3) is 5.92 Å². The number of carbonyl (C=O) groups excluding carboxylic acids is 1. The fourth-order valence-corrected chi connectivity index (χ4v) is 2.83. The smallest absolute Gasteiger partial charge is 0.262 e. The zero-order valence-electron chi connectivity index (χ0n) is 12.7. The fourth-order valence-electron chi connectivity index (χ4n) is 2.83. The molecule has 0 radical (unpaired) electrons. The first-order valence-electron chi connectivity index (χ1n) is 7.71. The second-order valence-electron chi connectivity index (χ2n) is 5.80. The SMILES string of the molecule is O=C(NCc1cccnc1N1CCOCC1)C1CC(F)(F)CN1. The first-order chi connectivity index (χ1) is 11.1. The Morgan fingerprint density at radius 3 is 2.96 bits per heavy atom. The van der Waals surface area contributed by atoms with Gasteiger partial charge in [-0.15, -0.1) is 0 Å². The molecule has 0 aromatic carbocycles. The summed E-state index contributed by atoms with van der Waals surface area (Å²) in [4.78, 5) is 18.5. The third-order valence-electron chi connectivity index (χ3n) is 4.06. The summed E-state index contributed by atoms with van der Waals surface area (Å²) in [5.74, 6) is -2.41. The van der Waals surface area contributed by atoms with Gasteiger partial charge in [0.1, 0.15) is 5.82 Å². The number of rotatable bonds is 4. The Labute approximate surface area is 133 Å². The van der Waals surface area contributed by atoms with E-state index < -0.39 is 30.8 Å². The number of aromatic nitrogens is 1. The van der Waals surface area contributed by atoms with Gasteiger partial charge in [0, 0.05) is 37.8 Å². The van der Waals surface area contributed by atoms with Crippen molar-refractivity contribution in [3.8, 4) is 0 Å². The van der Waals surface area contributed by atoms with Crippen LogP contribution in [-0.4, -0.2) is 55.7 Å². The summed E-state index contributed by atoms with van der Waals surface area (Å²) < 4.78 is 31.6. The largest absolute Gasteiger partial charge is 0.378 e. The van der Waals surface area contributed by atoms with Crippen molar-refractivity contribution < 1.29 is 18.3 Å². The van der Waals surface area contributed by atoms with Crippen LogP contribution in [0.1, 0.15) is 12.0 Å². The van der Waals surface area contributed by atoms with Crippen LogP contribution in [0.25, 0.3) is 0 Å². The molecule has 0 spiro atoms. The number of pyridine rings is 1. The van der Waals surface area contributed by atoms with Gasteiger partial charge in [0.15, 0.2) is 0 Å². The molecule has 3 heterocycles. The molecule has 23 heavy (non-hydrogen) atoms. The lowest BCUT2D eigenvalue weighted by atomic mass is 10.1. The molecule has 3 rings (SSSR count). The molecule has 126 valence electrons. The van der Waals surface area contributed by atoms with Gasteiger partial charge in [-0.3, -0.25) is 10.1 Å². The number of carbonyl (C=O) groups is 1. The van der Waals surface area contributed by atoms with Crippen LogP contribution in [0.4, 0.5) is 14.6 Å². The highest BCUT2D eigenvalue weighted by Crippen LogP contribution is 2.25. The Morgan fingerprint density at radius 2 is 2.26 bits per heavy atom.